The minimum atomic E-state index is -2.35. The van der Waals surface area contributed by atoms with Crippen molar-refractivity contribution in [3.8, 4) is 0 Å². The van der Waals surface area contributed by atoms with Crippen molar-refractivity contribution < 1.29 is 121 Å². The summed E-state index contributed by atoms with van der Waals surface area (Å²) in [6.07, 6.45) is -10.5. The normalized spacial score (nSPS) is 20.8. The van der Waals surface area contributed by atoms with Crippen LogP contribution in [0.25, 0.3) is 0 Å². The lowest BCUT2D eigenvalue weighted by Crippen LogP contribution is -2.66. The monoisotopic (exact) mass is 1110 g/mol. The Morgan fingerprint density at radius 2 is 1.08 bits per heavy atom. The van der Waals surface area contributed by atoms with Gasteiger partial charge < -0.3 is 117 Å². The zero-order valence-corrected chi connectivity index (χ0v) is 45.3. The van der Waals surface area contributed by atoms with Crippen molar-refractivity contribution in [2.75, 3.05) is 172 Å². The molecule has 0 aromatic rings. The molecule has 26 heteroatoms. The van der Waals surface area contributed by atoms with E-state index >= 15 is 0 Å². The predicted octanol–water partition coefficient (Wildman–Crippen LogP) is -1.85. The Balaban J connectivity index is 2.27. The number of carbonyl (C=O) groups excluding carboxylic acids is 2. The Morgan fingerprint density at radius 3 is 1.54 bits per heavy atom. The zero-order valence-electron chi connectivity index (χ0n) is 45.3. The second-order valence-corrected chi connectivity index (χ2v) is 17.8. The van der Waals surface area contributed by atoms with Crippen LogP contribution in [0.5, 0.6) is 0 Å². The van der Waals surface area contributed by atoms with Crippen molar-refractivity contribution in [2.24, 2.45) is 0 Å². The Hall–Kier alpha value is -2.20. The van der Waals surface area contributed by atoms with E-state index in [1.165, 1.54) is 6.92 Å². The summed E-state index contributed by atoms with van der Waals surface area (Å²) in [6.45, 7) is 13.4. The van der Waals surface area contributed by atoms with Gasteiger partial charge in [0.15, 0.2) is 12.4 Å². The Morgan fingerprint density at radius 1 is 0.618 bits per heavy atom. The second kappa shape index (κ2) is 47.6. The van der Waals surface area contributed by atoms with Gasteiger partial charge in [-0.25, -0.2) is 4.79 Å². The molecule has 1 aliphatic rings. The number of carbonyl (C=O) groups is 2. The number of methoxy groups -OCH3 is 1. The van der Waals surface area contributed by atoms with Crippen LogP contribution in [-0.4, -0.2) is 286 Å². The molecule has 0 aromatic carbocycles. The topological polar surface area (TPSA) is 346 Å². The fourth-order valence-corrected chi connectivity index (χ4v) is 6.79. The number of hydrogen-bond acceptors (Lipinski definition) is 25. The fraction of sp³-hybridized carbons (Fsp3) is 0.920. The van der Waals surface area contributed by atoms with E-state index in [1.54, 1.807) is 7.11 Å². The third kappa shape index (κ3) is 34.1. The maximum Gasteiger partial charge on any atom is 0.333 e. The SMILES string of the molecule is C=C(CCCCCCC)C(=O)OC(CNC(=O)C(O)C(O)C(O[C@@H]1OC(C)(CO)[C@H](O)[C@H](O)C1O)C(O)CO)COCOCCOCCOCCOCCOCCOCCCCOCCOCCOCCOCCOC. The van der Waals surface area contributed by atoms with E-state index in [2.05, 4.69) is 18.8 Å². The van der Waals surface area contributed by atoms with Crippen LogP contribution in [0, 0.1) is 0 Å². The second-order valence-electron chi connectivity index (χ2n) is 17.8. The van der Waals surface area contributed by atoms with Crippen LogP contribution in [-0.2, 0) is 80.6 Å². The molecule has 1 heterocycles. The summed E-state index contributed by atoms with van der Waals surface area (Å²) in [5, 5.41) is 85.0. The first kappa shape index (κ1) is 71.8. The number of hydrogen-bond donors (Lipinski definition) is 9. The summed E-state index contributed by atoms with van der Waals surface area (Å²) < 4.78 is 81.8. The molecule has 9 N–H and O–H groups in total. The molecule has 1 rings (SSSR count). The number of aliphatic hydroxyl groups is 8. The van der Waals surface area contributed by atoms with E-state index in [0.717, 1.165) is 44.9 Å². The number of amides is 1. The number of aliphatic hydroxyl groups excluding tert-OH is 8. The molecule has 1 aliphatic heterocycles. The van der Waals surface area contributed by atoms with E-state index in [-0.39, 0.29) is 32.2 Å². The molecule has 26 nitrogen and oxygen atoms in total. The molecule has 1 fully saturated rings. The van der Waals surface area contributed by atoms with Crippen molar-refractivity contribution >= 4 is 11.9 Å². The van der Waals surface area contributed by atoms with Crippen molar-refractivity contribution in [1.82, 2.24) is 5.32 Å². The van der Waals surface area contributed by atoms with Crippen LogP contribution in [0.4, 0.5) is 0 Å². The van der Waals surface area contributed by atoms with Crippen LogP contribution in [0.2, 0.25) is 0 Å². The molecule has 0 spiro atoms. The minimum absolute atomic E-state index is 0.149. The molecular formula is C50H95NO25. The lowest BCUT2D eigenvalue weighted by Gasteiger charge is -2.47. The lowest BCUT2D eigenvalue weighted by molar-refractivity contribution is -0.353. The highest BCUT2D eigenvalue weighted by Gasteiger charge is 2.53. The molecule has 450 valence electrons. The van der Waals surface area contributed by atoms with Crippen molar-refractivity contribution in [2.45, 2.75) is 126 Å². The van der Waals surface area contributed by atoms with Crippen molar-refractivity contribution in [1.29, 1.82) is 0 Å². The smallest absolute Gasteiger partial charge is 0.333 e. The zero-order chi connectivity index (χ0) is 56.1. The molecule has 0 radical (unpaired) electrons. The molecule has 1 saturated heterocycles. The van der Waals surface area contributed by atoms with Gasteiger partial charge in [0.1, 0.15) is 55.1 Å². The molecule has 1 amide bonds. The van der Waals surface area contributed by atoms with Crippen LogP contribution in [0.3, 0.4) is 0 Å². The highest BCUT2D eigenvalue weighted by atomic mass is 16.7. The van der Waals surface area contributed by atoms with E-state index in [4.69, 9.17) is 71.1 Å². The highest BCUT2D eigenvalue weighted by Crippen LogP contribution is 2.31. The Labute approximate surface area is 448 Å². The van der Waals surface area contributed by atoms with Crippen LogP contribution >= 0.6 is 0 Å². The highest BCUT2D eigenvalue weighted by molar-refractivity contribution is 5.87. The van der Waals surface area contributed by atoms with Crippen molar-refractivity contribution in [3.63, 3.8) is 0 Å². The Bertz CT molecular complexity index is 1390. The van der Waals surface area contributed by atoms with Crippen molar-refractivity contribution in [3.05, 3.63) is 12.2 Å². The summed E-state index contributed by atoms with van der Waals surface area (Å²) in [7, 11) is 1.63. The van der Waals surface area contributed by atoms with Gasteiger partial charge in [0.2, 0.25) is 0 Å². The first-order valence-corrected chi connectivity index (χ1v) is 26.4. The van der Waals surface area contributed by atoms with Crippen LogP contribution < -0.4 is 5.32 Å². The number of esters is 1. The third-order valence-corrected chi connectivity index (χ3v) is 11.4. The minimum Gasteiger partial charge on any atom is -0.455 e. The first-order valence-electron chi connectivity index (χ1n) is 26.4. The van der Waals surface area contributed by atoms with E-state index in [0.29, 0.717) is 125 Å². The van der Waals surface area contributed by atoms with Gasteiger partial charge in [-0.2, -0.15) is 0 Å². The largest absolute Gasteiger partial charge is 0.455 e. The summed E-state index contributed by atoms with van der Waals surface area (Å²) in [6, 6.07) is 0. The van der Waals surface area contributed by atoms with Gasteiger partial charge in [-0.1, -0.05) is 39.2 Å². The quantitative estimate of drug-likeness (QED) is 0.0140. The van der Waals surface area contributed by atoms with E-state index in [1.807, 2.05) is 0 Å². The van der Waals surface area contributed by atoms with E-state index < -0.39 is 92.4 Å². The molecule has 0 bridgehead atoms. The van der Waals surface area contributed by atoms with Gasteiger partial charge in [-0.05, 0) is 32.6 Å². The van der Waals surface area contributed by atoms with Crippen LogP contribution in [0.15, 0.2) is 12.2 Å². The first-order chi connectivity index (χ1) is 36.8. The summed E-state index contributed by atoms with van der Waals surface area (Å²) in [5.41, 5.74) is -1.67. The van der Waals surface area contributed by atoms with Gasteiger partial charge in [0.25, 0.3) is 5.91 Å². The molecule has 0 aliphatic carbocycles. The van der Waals surface area contributed by atoms with Crippen LogP contribution in [0.1, 0.15) is 65.2 Å². The summed E-state index contributed by atoms with van der Waals surface area (Å²) in [4.78, 5) is 26.1. The average molecular weight is 1110 g/mol. The van der Waals surface area contributed by atoms with Gasteiger partial charge in [-0.3, -0.25) is 4.79 Å². The van der Waals surface area contributed by atoms with Gasteiger partial charge in [0, 0.05) is 25.9 Å². The third-order valence-electron chi connectivity index (χ3n) is 11.4. The maximum atomic E-state index is 13.1. The molecule has 10 atom stereocenters. The molecule has 0 aromatic heterocycles. The fourth-order valence-electron chi connectivity index (χ4n) is 6.79. The maximum absolute atomic E-state index is 13.1. The Kier molecular flexibility index (Phi) is 45.0. The van der Waals surface area contributed by atoms with E-state index in [9.17, 15) is 50.4 Å². The number of unbranched alkanes of at least 4 members (excludes halogenated alkanes) is 5. The van der Waals surface area contributed by atoms with Gasteiger partial charge >= 0.3 is 5.97 Å². The molecular weight excluding hydrogens is 1010 g/mol. The van der Waals surface area contributed by atoms with Gasteiger partial charge in [0.05, 0.1) is 145 Å². The lowest BCUT2D eigenvalue weighted by atomic mass is 9.89. The molecule has 7 unspecified atom stereocenters. The average Bonchev–Trinajstić information content (AvgIpc) is 3.42. The van der Waals surface area contributed by atoms with Gasteiger partial charge in [-0.15, -0.1) is 0 Å². The molecule has 0 saturated carbocycles. The summed E-state index contributed by atoms with van der Waals surface area (Å²) >= 11 is 0. The number of nitrogens with one attached hydrogen (secondary N) is 1. The number of ether oxygens (including phenoxy) is 15. The predicted molar refractivity (Wildman–Crippen MR) is 269 cm³/mol. The molecule has 76 heavy (non-hydrogen) atoms. The standard InChI is InChI=1S/C50H95NO25/c1-5-6-7-8-9-12-38(2)48(61)74-39(33-51-47(60)43(57)41(55)45(40(54)34-52)75-49-44(58)42(56)46(59)50(3,36-53)76-49)35-73-37-72-32-31-71-30-29-70-28-27-69-26-24-67-20-18-64-14-11-10-13-63-17-19-66-23-25-68-22-21-65-16-15-62-4/h39-46,49,52-59H,2,5-37H2,1,3-4H3,(H,51,60)/t39?,40?,41?,42-,43?,44?,45?,46-,49-,50?/m1/s1. The number of rotatable bonds is 54. The summed E-state index contributed by atoms with van der Waals surface area (Å²) in [5.74, 6) is -1.96.